The van der Waals surface area contributed by atoms with E-state index in [0.717, 1.165) is 32.0 Å². The molecule has 0 radical (unpaired) electrons. The van der Waals surface area contributed by atoms with Crippen molar-refractivity contribution in [3.05, 3.63) is 21.9 Å². The second-order valence-electron chi connectivity index (χ2n) is 4.55. The molecule has 1 aromatic heterocycles. The highest BCUT2D eigenvalue weighted by Gasteiger charge is 2.19. The summed E-state index contributed by atoms with van der Waals surface area (Å²) in [5.74, 6) is 0.990. The third-order valence-electron chi connectivity index (χ3n) is 2.97. The highest BCUT2D eigenvalue weighted by atomic mass is 32.1. The summed E-state index contributed by atoms with van der Waals surface area (Å²) < 4.78 is 0. The molecular formula is C13H22N2S. The van der Waals surface area contributed by atoms with E-state index >= 15 is 0 Å². The summed E-state index contributed by atoms with van der Waals surface area (Å²) in [5.41, 5.74) is 0. The molecule has 0 aromatic carbocycles. The van der Waals surface area contributed by atoms with Gasteiger partial charge >= 0.3 is 0 Å². The maximum Gasteiger partial charge on any atom is 0.0300 e. The molecule has 2 N–H and O–H groups in total. The highest BCUT2D eigenvalue weighted by molar-refractivity contribution is 7.11. The van der Waals surface area contributed by atoms with E-state index in [1.807, 2.05) is 11.3 Å². The van der Waals surface area contributed by atoms with Crippen molar-refractivity contribution in [2.24, 2.45) is 5.92 Å². The van der Waals surface area contributed by atoms with Crippen molar-refractivity contribution < 1.29 is 0 Å². The topological polar surface area (TPSA) is 24.1 Å². The fraction of sp³-hybridized carbons (Fsp3) is 0.692. The third kappa shape index (κ3) is 4.24. The van der Waals surface area contributed by atoms with Gasteiger partial charge in [-0.05, 0) is 43.9 Å². The first-order chi connectivity index (χ1) is 7.88. The monoisotopic (exact) mass is 238 g/mol. The van der Waals surface area contributed by atoms with Gasteiger partial charge in [0.15, 0.2) is 0 Å². The minimum Gasteiger partial charge on any atom is -0.315 e. The summed E-state index contributed by atoms with van der Waals surface area (Å²) in [6.07, 6.45) is 4.04. The quantitative estimate of drug-likeness (QED) is 0.680. The Bertz CT molecular complexity index is 305. The van der Waals surface area contributed by atoms with E-state index in [1.54, 1.807) is 0 Å². The van der Waals surface area contributed by atoms with Crippen molar-refractivity contribution in [1.29, 1.82) is 0 Å². The van der Waals surface area contributed by atoms with Crippen LogP contribution in [0.4, 0.5) is 0 Å². The second kappa shape index (κ2) is 6.38. The Labute approximate surface area is 102 Å². The van der Waals surface area contributed by atoms with E-state index in [2.05, 4.69) is 29.7 Å². The Morgan fingerprint density at radius 3 is 2.62 bits per heavy atom. The van der Waals surface area contributed by atoms with Gasteiger partial charge in [0.25, 0.3) is 0 Å². The number of hydrogen-bond donors (Lipinski definition) is 2. The van der Waals surface area contributed by atoms with Crippen LogP contribution in [0.25, 0.3) is 0 Å². The number of thiophene rings is 1. The Kier molecular flexibility index (Phi) is 4.82. The van der Waals surface area contributed by atoms with E-state index < -0.39 is 0 Å². The Balaban J connectivity index is 1.49. The lowest BCUT2D eigenvalue weighted by Crippen LogP contribution is -2.28. The molecule has 1 saturated carbocycles. The SMILES string of the molecule is CCc1ccc(CNCCNCC2CC2)s1. The van der Waals surface area contributed by atoms with Crippen molar-refractivity contribution in [1.82, 2.24) is 10.6 Å². The van der Waals surface area contributed by atoms with Crippen LogP contribution in [-0.4, -0.2) is 19.6 Å². The summed E-state index contributed by atoms with van der Waals surface area (Å²) in [7, 11) is 0. The first-order valence-electron chi connectivity index (χ1n) is 6.37. The van der Waals surface area contributed by atoms with Gasteiger partial charge in [-0.15, -0.1) is 11.3 Å². The van der Waals surface area contributed by atoms with Crippen LogP contribution in [0, 0.1) is 5.92 Å². The predicted molar refractivity (Wildman–Crippen MR) is 71.0 cm³/mol. The van der Waals surface area contributed by atoms with E-state index in [0.29, 0.717) is 0 Å². The molecule has 0 amide bonds. The predicted octanol–water partition coefficient (Wildman–Crippen LogP) is 2.40. The van der Waals surface area contributed by atoms with E-state index in [1.165, 1.54) is 29.1 Å². The molecule has 1 aromatic rings. The molecule has 1 aliphatic rings. The summed E-state index contributed by atoms with van der Waals surface area (Å²) in [6.45, 7) is 6.63. The largest absolute Gasteiger partial charge is 0.315 e. The van der Waals surface area contributed by atoms with Crippen LogP contribution in [-0.2, 0) is 13.0 Å². The fourth-order valence-corrected chi connectivity index (χ4v) is 2.65. The number of nitrogens with one attached hydrogen (secondary N) is 2. The highest BCUT2D eigenvalue weighted by Crippen LogP contribution is 2.27. The van der Waals surface area contributed by atoms with Crippen molar-refractivity contribution >= 4 is 11.3 Å². The Hall–Kier alpha value is -0.380. The van der Waals surface area contributed by atoms with Gasteiger partial charge in [0.1, 0.15) is 0 Å². The van der Waals surface area contributed by atoms with Crippen LogP contribution in [0.15, 0.2) is 12.1 Å². The van der Waals surface area contributed by atoms with Gasteiger partial charge in [-0.1, -0.05) is 6.92 Å². The van der Waals surface area contributed by atoms with E-state index in [-0.39, 0.29) is 0 Å². The summed E-state index contributed by atoms with van der Waals surface area (Å²) in [6, 6.07) is 4.49. The van der Waals surface area contributed by atoms with Gasteiger partial charge in [0.05, 0.1) is 0 Å². The van der Waals surface area contributed by atoms with Crippen LogP contribution in [0.5, 0.6) is 0 Å². The zero-order valence-corrected chi connectivity index (χ0v) is 10.9. The molecular weight excluding hydrogens is 216 g/mol. The molecule has 0 bridgehead atoms. The molecule has 3 heteroatoms. The lowest BCUT2D eigenvalue weighted by atomic mass is 10.3. The zero-order valence-electron chi connectivity index (χ0n) is 10.1. The average molecular weight is 238 g/mol. The molecule has 1 heterocycles. The first-order valence-corrected chi connectivity index (χ1v) is 7.19. The normalized spacial score (nSPS) is 15.6. The molecule has 0 aliphatic heterocycles. The molecule has 2 nitrogen and oxygen atoms in total. The number of rotatable bonds is 8. The lowest BCUT2D eigenvalue weighted by molar-refractivity contribution is 0.591. The van der Waals surface area contributed by atoms with Gasteiger partial charge in [-0.3, -0.25) is 0 Å². The number of aryl methyl sites for hydroxylation is 1. The van der Waals surface area contributed by atoms with E-state index in [9.17, 15) is 0 Å². The molecule has 1 aliphatic carbocycles. The molecule has 0 atom stereocenters. The smallest absolute Gasteiger partial charge is 0.0300 e. The molecule has 16 heavy (non-hydrogen) atoms. The molecule has 0 spiro atoms. The summed E-state index contributed by atoms with van der Waals surface area (Å²) >= 11 is 1.93. The third-order valence-corrected chi connectivity index (χ3v) is 4.20. The second-order valence-corrected chi connectivity index (χ2v) is 5.80. The minimum atomic E-state index is 0.990. The van der Waals surface area contributed by atoms with Crippen LogP contribution in [0.2, 0.25) is 0 Å². The summed E-state index contributed by atoms with van der Waals surface area (Å²) in [4.78, 5) is 2.95. The van der Waals surface area contributed by atoms with Crippen molar-refractivity contribution in [2.45, 2.75) is 32.7 Å². The lowest BCUT2D eigenvalue weighted by Gasteiger charge is -2.04. The minimum absolute atomic E-state index is 0.990. The van der Waals surface area contributed by atoms with Crippen LogP contribution in [0.3, 0.4) is 0 Å². The average Bonchev–Trinajstić information content (AvgIpc) is 3.01. The van der Waals surface area contributed by atoms with Crippen LogP contribution >= 0.6 is 11.3 Å². The first kappa shape index (κ1) is 12.1. The summed E-state index contributed by atoms with van der Waals surface area (Å²) in [5, 5.41) is 6.97. The van der Waals surface area contributed by atoms with Crippen molar-refractivity contribution in [3.8, 4) is 0 Å². The Morgan fingerprint density at radius 2 is 1.94 bits per heavy atom. The number of hydrogen-bond acceptors (Lipinski definition) is 3. The zero-order chi connectivity index (χ0) is 11.2. The molecule has 90 valence electrons. The maximum absolute atomic E-state index is 3.49. The van der Waals surface area contributed by atoms with Gasteiger partial charge in [0.2, 0.25) is 0 Å². The van der Waals surface area contributed by atoms with Gasteiger partial charge in [-0.25, -0.2) is 0 Å². The Morgan fingerprint density at radius 1 is 1.19 bits per heavy atom. The standard InChI is InChI=1S/C13H22N2S/c1-2-12-5-6-13(16-12)10-15-8-7-14-9-11-3-4-11/h5-6,11,14-15H,2-4,7-10H2,1H3. The van der Waals surface area contributed by atoms with Crippen molar-refractivity contribution in [2.75, 3.05) is 19.6 Å². The van der Waals surface area contributed by atoms with Gasteiger partial charge in [-0.2, -0.15) is 0 Å². The molecule has 0 unspecified atom stereocenters. The molecule has 1 fully saturated rings. The van der Waals surface area contributed by atoms with E-state index in [4.69, 9.17) is 0 Å². The van der Waals surface area contributed by atoms with Crippen LogP contribution in [0.1, 0.15) is 29.5 Å². The van der Waals surface area contributed by atoms with Crippen LogP contribution < -0.4 is 10.6 Å². The van der Waals surface area contributed by atoms with Gasteiger partial charge in [0, 0.05) is 29.4 Å². The molecule has 0 saturated heterocycles. The molecule has 2 rings (SSSR count). The van der Waals surface area contributed by atoms with Crippen molar-refractivity contribution in [3.63, 3.8) is 0 Å². The fourth-order valence-electron chi connectivity index (χ4n) is 1.72. The maximum atomic E-state index is 3.49. The van der Waals surface area contributed by atoms with Gasteiger partial charge < -0.3 is 10.6 Å².